The van der Waals surface area contributed by atoms with Crippen LogP contribution in [0.1, 0.15) is 29.1 Å². The predicted octanol–water partition coefficient (Wildman–Crippen LogP) is 1.41. The van der Waals surface area contributed by atoms with Gasteiger partial charge in [-0.25, -0.2) is 17.9 Å². The maximum absolute atomic E-state index is 12.0. The van der Waals surface area contributed by atoms with Crippen LogP contribution in [0.25, 0.3) is 0 Å². The van der Waals surface area contributed by atoms with Gasteiger partial charge in [0.25, 0.3) is 10.0 Å². The first-order valence-corrected chi connectivity index (χ1v) is 7.14. The summed E-state index contributed by atoms with van der Waals surface area (Å²) < 4.78 is 31.3. The second-order valence-electron chi connectivity index (χ2n) is 4.05. The van der Waals surface area contributed by atoms with E-state index in [0.717, 1.165) is 17.7 Å². The van der Waals surface area contributed by atoms with Gasteiger partial charge in [0.1, 0.15) is 0 Å². The highest BCUT2D eigenvalue weighted by Crippen LogP contribution is 2.18. The Labute approximate surface area is 115 Å². The number of aromatic carboxylic acids is 1. The third kappa shape index (κ3) is 3.03. The van der Waals surface area contributed by atoms with Gasteiger partial charge in [-0.3, -0.25) is 4.98 Å². The SMILES string of the molecule is C[C@H](NS(=O)(=O)c1ccc(C(=O)O)o1)c1ccncc1. The number of furan rings is 1. The van der Waals surface area contributed by atoms with Crippen molar-refractivity contribution >= 4 is 16.0 Å². The monoisotopic (exact) mass is 296 g/mol. The van der Waals surface area contributed by atoms with E-state index in [0.29, 0.717) is 0 Å². The second kappa shape index (κ2) is 5.43. The lowest BCUT2D eigenvalue weighted by atomic mass is 10.1. The van der Waals surface area contributed by atoms with Gasteiger partial charge in [0, 0.05) is 18.4 Å². The standard InChI is InChI=1S/C12H12N2O5S/c1-8(9-4-6-13-7-5-9)14-20(17,18)11-3-2-10(19-11)12(15)16/h2-8,14H,1H3,(H,15,16)/t8-/m0/s1. The summed E-state index contributed by atoms with van der Waals surface area (Å²) in [5.74, 6) is -1.75. The normalized spacial score (nSPS) is 13.1. The fraction of sp³-hybridized carbons (Fsp3) is 0.167. The van der Waals surface area contributed by atoms with Gasteiger partial charge >= 0.3 is 5.97 Å². The molecule has 8 heteroatoms. The minimum atomic E-state index is -3.92. The van der Waals surface area contributed by atoms with Crippen molar-refractivity contribution in [1.29, 1.82) is 0 Å². The molecule has 2 rings (SSSR count). The number of carbonyl (C=O) groups is 1. The van der Waals surface area contributed by atoms with E-state index in [1.165, 1.54) is 0 Å². The summed E-state index contributed by atoms with van der Waals surface area (Å²) in [6, 6.07) is 5.05. The topological polar surface area (TPSA) is 110 Å². The van der Waals surface area contributed by atoms with Crippen molar-refractivity contribution < 1.29 is 22.7 Å². The van der Waals surface area contributed by atoms with Crippen molar-refractivity contribution in [1.82, 2.24) is 9.71 Å². The van der Waals surface area contributed by atoms with Crippen LogP contribution in [0, 0.1) is 0 Å². The summed E-state index contributed by atoms with van der Waals surface area (Å²) in [7, 11) is -3.92. The van der Waals surface area contributed by atoms with Gasteiger partial charge < -0.3 is 9.52 Å². The molecule has 0 radical (unpaired) electrons. The number of carboxylic acids is 1. The molecule has 2 heterocycles. The highest BCUT2D eigenvalue weighted by Gasteiger charge is 2.23. The van der Waals surface area contributed by atoms with Crippen molar-refractivity contribution in [3.05, 3.63) is 48.0 Å². The molecule has 0 saturated carbocycles. The zero-order valence-corrected chi connectivity index (χ0v) is 11.3. The Balaban J connectivity index is 2.20. The first-order chi connectivity index (χ1) is 9.40. The predicted molar refractivity (Wildman–Crippen MR) is 68.6 cm³/mol. The molecule has 0 unspecified atom stereocenters. The van der Waals surface area contributed by atoms with Crippen LogP contribution in [0.15, 0.2) is 46.2 Å². The summed E-state index contributed by atoms with van der Waals surface area (Å²) in [4.78, 5) is 14.5. The fourth-order valence-electron chi connectivity index (χ4n) is 1.59. The summed E-state index contributed by atoms with van der Waals surface area (Å²) in [6.07, 6.45) is 3.10. The summed E-state index contributed by atoms with van der Waals surface area (Å²) >= 11 is 0. The van der Waals surface area contributed by atoms with Gasteiger partial charge in [-0.2, -0.15) is 0 Å². The highest BCUT2D eigenvalue weighted by atomic mass is 32.2. The highest BCUT2D eigenvalue weighted by molar-refractivity contribution is 7.89. The molecule has 2 aromatic rings. The minimum Gasteiger partial charge on any atom is -0.475 e. The summed E-state index contributed by atoms with van der Waals surface area (Å²) in [5, 5.41) is 8.27. The second-order valence-corrected chi connectivity index (χ2v) is 5.69. The number of hydrogen-bond acceptors (Lipinski definition) is 5. The number of hydrogen-bond donors (Lipinski definition) is 2. The van der Waals surface area contributed by atoms with Crippen LogP contribution in [0.2, 0.25) is 0 Å². The average Bonchev–Trinajstić information content (AvgIpc) is 2.90. The Kier molecular flexibility index (Phi) is 3.86. The van der Waals surface area contributed by atoms with Gasteiger partial charge in [-0.05, 0) is 36.8 Å². The molecule has 0 fully saturated rings. The Morgan fingerprint density at radius 1 is 1.30 bits per heavy atom. The van der Waals surface area contributed by atoms with Gasteiger partial charge in [0.05, 0.1) is 0 Å². The molecule has 7 nitrogen and oxygen atoms in total. The van der Waals surface area contributed by atoms with Crippen molar-refractivity contribution in [2.45, 2.75) is 18.1 Å². The summed E-state index contributed by atoms with van der Waals surface area (Å²) in [5.41, 5.74) is 0.730. The lowest BCUT2D eigenvalue weighted by molar-refractivity contribution is 0.0656. The van der Waals surface area contributed by atoms with E-state index in [1.807, 2.05) is 0 Å². The molecule has 0 amide bonds. The first kappa shape index (κ1) is 14.2. The summed E-state index contributed by atoms with van der Waals surface area (Å²) in [6.45, 7) is 1.66. The minimum absolute atomic E-state index is 0.429. The van der Waals surface area contributed by atoms with Gasteiger partial charge in [0.2, 0.25) is 10.9 Å². The van der Waals surface area contributed by atoms with E-state index in [9.17, 15) is 13.2 Å². The average molecular weight is 296 g/mol. The molecule has 0 bridgehead atoms. The van der Waals surface area contributed by atoms with E-state index in [4.69, 9.17) is 9.52 Å². The van der Waals surface area contributed by atoms with Crippen LogP contribution < -0.4 is 4.72 Å². The van der Waals surface area contributed by atoms with Crippen molar-refractivity contribution in [3.63, 3.8) is 0 Å². The lowest BCUT2D eigenvalue weighted by Gasteiger charge is -2.12. The zero-order chi connectivity index (χ0) is 14.8. The molecule has 2 N–H and O–H groups in total. The molecule has 0 spiro atoms. The third-order valence-corrected chi connectivity index (χ3v) is 4.01. The number of sulfonamides is 1. The van der Waals surface area contributed by atoms with Gasteiger partial charge in [-0.1, -0.05) is 0 Å². The molecule has 0 aliphatic rings. The number of nitrogens with one attached hydrogen (secondary N) is 1. The molecule has 2 aromatic heterocycles. The van der Waals surface area contributed by atoms with Crippen LogP contribution in [-0.2, 0) is 10.0 Å². The fourth-order valence-corrected chi connectivity index (χ4v) is 2.75. The van der Waals surface area contributed by atoms with Crippen LogP contribution in [0.3, 0.4) is 0 Å². The van der Waals surface area contributed by atoms with E-state index >= 15 is 0 Å². The Bertz CT molecular complexity index is 708. The first-order valence-electron chi connectivity index (χ1n) is 5.65. The van der Waals surface area contributed by atoms with E-state index < -0.39 is 32.9 Å². The Hall–Kier alpha value is -2.19. The van der Waals surface area contributed by atoms with Crippen LogP contribution in [0.5, 0.6) is 0 Å². The number of pyridine rings is 1. The van der Waals surface area contributed by atoms with Crippen molar-refractivity contribution in [2.24, 2.45) is 0 Å². The molecule has 0 aliphatic heterocycles. The van der Waals surface area contributed by atoms with Gasteiger partial charge in [0.15, 0.2) is 0 Å². The molecular formula is C12H12N2O5S. The van der Waals surface area contributed by atoms with Crippen LogP contribution in [0.4, 0.5) is 0 Å². The lowest BCUT2D eigenvalue weighted by Crippen LogP contribution is -2.26. The van der Waals surface area contributed by atoms with E-state index in [2.05, 4.69) is 9.71 Å². The number of aromatic nitrogens is 1. The molecule has 0 aliphatic carbocycles. The number of nitrogens with zero attached hydrogens (tertiary/aromatic N) is 1. The quantitative estimate of drug-likeness (QED) is 0.863. The number of carboxylic acid groups (broad SMARTS) is 1. The Morgan fingerprint density at radius 2 is 1.95 bits per heavy atom. The maximum atomic E-state index is 12.0. The Morgan fingerprint density at radius 3 is 2.50 bits per heavy atom. The molecule has 20 heavy (non-hydrogen) atoms. The molecule has 106 valence electrons. The van der Waals surface area contributed by atoms with Gasteiger partial charge in [-0.15, -0.1) is 0 Å². The van der Waals surface area contributed by atoms with E-state index in [-0.39, 0.29) is 0 Å². The molecule has 1 atom stereocenters. The van der Waals surface area contributed by atoms with E-state index in [1.54, 1.807) is 31.5 Å². The maximum Gasteiger partial charge on any atom is 0.371 e. The molecular weight excluding hydrogens is 284 g/mol. The largest absolute Gasteiger partial charge is 0.475 e. The van der Waals surface area contributed by atoms with Crippen LogP contribution >= 0.6 is 0 Å². The van der Waals surface area contributed by atoms with Crippen molar-refractivity contribution in [2.75, 3.05) is 0 Å². The smallest absolute Gasteiger partial charge is 0.371 e. The zero-order valence-electron chi connectivity index (χ0n) is 10.5. The van der Waals surface area contributed by atoms with Crippen LogP contribution in [-0.4, -0.2) is 24.5 Å². The third-order valence-electron chi connectivity index (χ3n) is 2.60. The molecule has 0 aromatic carbocycles. The molecule has 0 saturated heterocycles. The van der Waals surface area contributed by atoms with Crippen molar-refractivity contribution in [3.8, 4) is 0 Å². The number of rotatable bonds is 5.